The third-order valence-electron chi connectivity index (χ3n) is 6.00. The molecule has 0 N–H and O–H groups in total. The number of amides is 1. The molecule has 1 aliphatic rings. The van der Waals surface area contributed by atoms with Crippen molar-refractivity contribution in [3.63, 3.8) is 0 Å². The molecule has 0 aliphatic carbocycles. The molecule has 1 saturated heterocycles. The summed E-state index contributed by atoms with van der Waals surface area (Å²) in [6, 6.07) is 15.8. The molecule has 5 rings (SSSR count). The highest BCUT2D eigenvalue weighted by atomic mass is 16.2. The van der Waals surface area contributed by atoms with E-state index in [1.54, 1.807) is 12.4 Å². The maximum absolute atomic E-state index is 13.3. The van der Waals surface area contributed by atoms with Crippen molar-refractivity contribution in [3.05, 3.63) is 96.0 Å². The SMILES string of the molecule is CCc1nccn1-c1cccc(C2CCCN2C(=O)c2ccc(Cn3cccn3)cc2)n1. The van der Waals surface area contributed by atoms with Gasteiger partial charge in [-0.05, 0) is 48.7 Å². The second-order valence-corrected chi connectivity index (χ2v) is 8.04. The van der Waals surface area contributed by atoms with Gasteiger partial charge in [-0.1, -0.05) is 25.1 Å². The Morgan fingerprint density at radius 2 is 1.94 bits per heavy atom. The first-order chi connectivity index (χ1) is 15.7. The summed E-state index contributed by atoms with van der Waals surface area (Å²) < 4.78 is 3.89. The van der Waals surface area contributed by atoms with E-state index in [2.05, 4.69) is 17.0 Å². The van der Waals surface area contributed by atoms with E-state index in [0.717, 1.165) is 48.7 Å². The van der Waals surface area contributed by atoms with Gasteiger partial charge in [-0.3, -0.25) is 14.0 Å². The van der Waals surface area contributed by atoms with E-state index in [1.165, 1.54) is 0 Å². The maximum Gasteiger partial charge on any atom is 0.254 e. The lowest BCUT2D eigenvalue weighted by molar-refractivity contribution is 0.0733. The standard InChI is InChI=1S/C25H26N6O/c1-2-23-26-14-17-31(23)24-8-3-6-21(28-24)22-7-4-16-30(22)25(32)20-11-9-19(10-12-20)18-29-15-5-13-27-29/h3,5-6,8-15,17,22H,2,4,7,16,18H2,1H3. The van der Waals surface area contributed by atoms with E-state index in [4.69, 9.17) is 4.98 Å². The minimum atomic E-state index is -0.0141. The van der Waals surface area contributed by atoms with Crippen molar-refractivity contribution in [2.24, 2.45) is 0 Å². The largest absolute Gasteiger partial charge is 0.330 e. The molecule has 1 atom stereocenters. The predicted molar refractivity (Wildman–Crippen MR) is 122 cm³/mol. The molecular formula is C25H26N6O. The fourth-order valence-corrected chi connectivity index (χ4v) is 4.38. The molecule has 7 nitrogen and oxygen atoms in total. The number of benzene rings is 1. The number of rotatable bonds is 6. The fraction of sp³-hybridized carbons (Fsp3) is 0.280. The molecule has 1 unspecified atom stereocenters. The van der Waals surface area contributed by atoms with Crippen LogP contribution >= 0.6 is 0 Å². The Morgan fingerprint density at radius 1 is 1.06 bits per heavy atom. The van der Waals surface area contributed by atoms with Crippen LogP contribution in [0.3, 0.4) is 0 Å². The van der Waals surface area contributed by atoms with Crippen LogP contribution in [-0.4, -0.2) is 41.7 Å². The van der Waals surface area contributed by atoms with Crippen LogP contribution in [0.15, 0.2) is 73.3 Å². The van der Waals surface area contributed by atoms with Gasteiger partial charge in [0.2, 0.25) is 0 Å². The number of hydrogen-bond donors (Lipinski definition) is 0. The van der Waals surface area contributed by atoms with Gasteiger partial charge in [-0.15, -0.1) is 0 Å². The van der Waals surface area contributed by atoms with E-state index in [0.29, 0.717) is 12.1 Å². The predicted octanol–water partition coefficient (Wildman–Crippen LogP) is 4.05. The molecule has 4 heterocycles. The number of imidazole rings is 1. The van der Waals surface area contributed by atoms with Gasteiger partial charge >= 0.3 is 0 Å². The van der Waals surface area contributed by atoms with Crippen LogP contribution in [0.4, 0.5) is 0 Å². The van der Waals surface area contributed by atoms with Gasteiger partial charge in [0.25, 0.3) is 5.91 Å². The summed E-state index contributed by atoms with van der Waals surface area (Å²) in [5.41, 5.74) is 2.75. The van der Waals surface area contributed by atoms with E-state index in [9.17, 15) is 4.79 Å². The van der Waals surface area contributed by atoms with Crippen LogP contribution in [-0.2, 0) is 13.0 Å². The van der Waals surface area contributed by atoms with E-state index in [-0.39, 0.29) is 11.9 Å². The zero-order valence-electron chi connectivity index (χ0n) is 18.1. The first-order valence-corrected chi connectivity index (χ1v) is 11.1. The third kappa shape index (κ3) is 3.93. The number of nitrogens with zero attached hydrogens (tertiary/aromatic N) is 6. The Labute approximate surface area is 187 Å². The van der Waals surface area contributed by atoms with Crippen molar-refractivity contribution in [2.75, 3.05) is 6.54 Å². The van der Waals surface area contributed by atoms with Crippen LogP contribution in [0.25, 0.3) is 5.82 Å². The molecule has 0 radical (unpaired) electrons. The lowest BCUT2D eigenvalue weighted by atomic mass is 10.1. The number of carbonyl (C=O) groups excluding carboxylic acids is 1. The first kappa shape index (κ1) is 20.2. The minimum Gasteiger partial charge on any atom is -0.330 e. The smallest absolute Gasteiger partial charge is 0.254 e. The zero-order valence-corrected chi connectivity index (χ0v) is 18.1. The number of likely N-dealkylation sites (tertiary alicyclic amines) is 1. The monoisotopic (exact) mass is 426 g/mol. The molecule has 1 amide bonds. The average molecular weight is 427 g/mol. The highest BCUT2D eigenvalue weighted by Crippen LogP contribution is 2.32. The van der Waals surface area contributed by atoms with Crippen LogP contribution < -0.4 is 0 Å². The lowest BCUT2D eigenvalue weighted by Gasteiger charge is -2.25. The van der Waals surface area contributed by atoms with Gasteiger partial charge < -0.3 is 4.90 Å². The van der Waals surface area contributed by atoms with E-state index < -0.39 is 0 Å². The van der Waals surface area contributed by atoms with Gasteiger partial charge in [0.05, 0.1) is 18.3 Å². The fourth-order valence-electron chi connectivity index (χ4n) is 4.38. The van der Waals surface area contributed by atoms with Crippen molar-refractivity contribution in [3.8, 4) is 5.82 Å². The number of aromatic nitrogens is 5. The van der Waals surface area contributed by atoms with Crippen LogP contribution in [0.2, 0.25) is 0 Å². The first-order valence-electron chi connectivity index (χ1n) is 11.1. The number of carbonyl (C=O) groups is 1. The summed E-state index contributed by atoms with van der Waals surface area (Å²) in [7, 11) is 0. The summed E-state index contributed by atoms with van der Waals surface area (Å²) in [4.78, 5) is 24.6. The maximum atomic E-state index is 13.3. The van der Waals surface area contributed by atoms with E-state index >= 15 is 0 Å². The quantitative estimate of drug-likeness (QED) is 0.466. The molecule has 7 heteroatoms. The molecule has 0 spiro atoms. The van der Waals surface area contributed by atoms with Crippen LogP contribution in [0, 0.1) is 0 Å². The summed E-state index contributed by atoms with van der Waals surface area (Å²) in [6.07, 6.45) is 10.2. The lowest BCUT2D eigenvalue weighted by Crippen LogP contribution is -2.31. The van der Waals surface area contributed by atoms with Crippen LogP contribution in [0.1, 0.15) is 53.2 Å². The van der Waals surface area contributed by atoms with Gasteiger partial charge in [0.1, 0.15) is 11.6 Å². The highest BCUT2D eigenvalue weighted by Gasteiger charge is 2.31. The third-order valence-corrected chi connectivity index (χ3v) is 6.00. The topological polar surface area (TPSA) is 68.8 Å². The zero-order chi connectivity index (χ0) is 21.9. The van der Waals surface area contributed by atoms with Crippen molar-refractivity contribution in [2.45, 2.75) is 38.8 Å². The Morgan fingerprint density at radius 3 is 2.72 bits per heavy atom. The normalized spacial score (nSPS) is 15.9. The summed E-state index contributed by atoms with van der Waals surface area (Å²) >= 11 is 0. The minimum absolute atomic E-state index is 0.0141. The second kappa shape index (κ2) is 8.78. The molecule has 3 aromatic heterocycles. The number of aryl methyl sites for hydroxylation is 1. The van der Waals surface area contributed by atoms with Gasteiger partial charge in [-0.25, -0.2) is 9.97 Å². The molecule has 162 valence electrons. The summed E-state index contributed by atoms with van der Waals surface area (Å²) in [5.74, 6) is 1.88. The molecule has 4 aromatic rings. The average Bonchev–Trinajstić information content (AvgIpc) is 3.61. The van der Waals surface area contributed by atoms with Crippen molar-refractivity contribution >= 4 is 5.91 Å². The molecule has 1 aliphatic heterocycles. The Kier molecular flexibility index (Phi) is 5.54. The molecule has 32 heavy (non-hydrogen) atoms. The van der Waals surface area contributed by atoms with Crippen molar-refractivity contribution < 1.29 is 4.79 Å². The van der Waals surface area contributed by atoms with Gasteiger partial charge in [0.15, 0.2) is 0 Å². The molecule has 1 fully saturated rings. The van der Waals surface area contributed by atoms with Gasteiger partial charge in [0, 0.05) is 43.3 Å². The van der Waals surface area contributed by atoms with Crippen molar-refractivity contribution in [1.82, 2.24) is 29.2 Å². The number of pyridine rings is 1. The molecular weight excluding hydrogens is 400 g/mol. The van der Waals surface area contributed by atoms with Crippen molar-refractivity contribution in [1.29, 1.82) is 0 Å². The van der Waals surface area contributed by atoms with Gasteiger partial charge in [-0.2, -0.15) is 5.10 Å². The second-order valence-electron chi connectivity index (χ2n) is 8.04. The Balaban J connectivity index is 1.35. The molecule has 0 bridgehead atoms. The van der Waals surface area contributed by atoms with E-state index in [1.807, 2.05) is 75.1 Å². The molecule has 1 aromatic carbocycles. The summed E-state index contributed by atoms with van der Waals surface area (Å²) in [5, 5.41) is 4.24. The number of hydrogen-bond acceptors (Lipinski definition) is 4. The Hall–Kier alpha value is -3.74. The Bertz CT molecular complexity index is 1200. The molecule has 0 saturated carbocycles. The van der Waals surface area contributed by atoms with Crippen LogP contribution in [0.5, 0.6) is 0 Å². The summed E-state index contributed by atoms with van der Waals surface area (Å²) in [6.45, 7) is 3.52. The highest BCUT2D eigenvalue weighted by molar-refractivity contribution is 5.94.